The summed E-state index contributed by atoms with van der Waals surface area (Å²) >= 11 is 5.24. The third kappa shape index (κ3) is 3.68. The minimum absolute atomic E-state index is 0.207. The lowest BCUT2D eigenvalue weighted by Crippen LogP contribution is -2.56. The van der Waals surface area contributed by atoms with Crippen molar-refractivity contribution >= 4 is 32.3 Å². The van der Waals surface area contributed by atoms with Crippen LogP contribution in [-0.2, 0) is 0 Å². The molecule has 1 saturated heterocycles. The van der Waals surface area contributed by atoms with Crippen molar-refractivity contribution in [3.05, 3.63) is 15.9 Å². The molecule has 0 saturated carbocycles. The lowest BCUT2D eigenvalue weighted by Gasteiger charge is -2.41. The first-order valence-electron chi connectivity index (χ1n) is 6.03. The zero-order chi connectivity index (χ0) is 12.3. The van der Waals surface area contributed by atoms with Crippen molar-refractivity contribution in [2.24, 2.45) is 0 Å². The summed E-state index contributed by atoms with van der Waals surface area (Å²) in [7, 11) is 0. The summed E-state index contributed by atoms with van der Waals surface area (Å²) in [6.45, 7) is 10.1. The smallest absolute Gasteiger partial charge is 0.0895 e. The monoisotopic (exact) mass is 317 g/mol. The molecule has 0 spiro atoms. The number of thiophene rings is 1. The molecule has 2 heterocycles. The quantitative estimate of drug-likeness (QED) is 0.894. The maximum absolute atomic E-state index is 3.53. The Morgan fingerprint density at radius 1 is 1.41 bits per heavy atom. The highest BCUT2D eigenvalue weighted by Gasteiger charge is 2.27. The number of hydrogen-bond donors (Lipinski definition) is 2. The molecule has 0 amide bonds. The Morgan fingerprint density at radius 3 is 2.71 bits per heavy atom. The summed E-state index contributed by atoms with van der Waals surface area (Å²) in [6, 6.07) is 4.22. The minimum Gasteiger partial charge on any atom is -0.375 e. The van der Waals surface area contributed by atoms with E-state index >= 15 is 0 Å². The molecule has 1 aliphatic heterocycles. The first kappa shape index (κ1) is 13.3. The van der Waals surface area contributed by atoms with Crippen LogP contribution in [0.15, 0.2) is 15.9 Å². The number of halogens is 1. The van der Waals surface area contributed by atoms with Crippen LogP contribution in [0.25, 0.3) is 0 Å². The second-order valence-electron chi connectivity index (χ2n) is 5.01. The Labute approximate surface area is 116 Å². The van der Waals surface area contributed by atoms with Crippen LogP contribution in [0, 0.1) is 0 Å². The molecule has 1 aromatic rings. The fraction of sp³-hybridized carbons (Fsp3) is 0.667. The maximum Gasteiger partial charge on any atom is 0.0895 e. The minimum atomic E-state index is 0.207. The van der Waals surface area contributed by atoms with Gasteiger partial charge in [0.1, 0.15) is 0 Å². The maximum atomic E-state index is 3.53. The van der Waals surface area contributed by atoms with E-state index in [0.29, 0.717) is 0 Å². The number of anilines is 1. The van der Waals surface area contributed by atoms with Gasteiger partial charge in [-0.3, -0.25) is 4.90 Å². The second kappa shape index (κ2) is 5.69. The van der Waals surface area contributed by atoms with E-state index in [9.17, 15) is 0 Å². The highest BCUT2D eigenvalue weighted by molar-refractivity contribution is 9.11. The van der Waals surface area contributed by atoms with Gasteiger partial charge in [0.15, 0.2) is 0 Å². The van der Waals surface area contributed by atoms with Gasteiger partial charge in [0.05, 0.1) is 8.79 Å². The van der Waals surface area contributed by atoms with Gasteiger partial charge in [0, 0.05) is 38.3 Å². The molecule has 5 heteroatoms. The van der Waals surface area contributed by atoms with E-state index in [0.717, 1.165) is 32.7 Å². The molecule has 1 aromatic heterocycles. The largest absolute Gasteiger partial charge is 0.375 e. The van der Waals surface area contributed by atoms with Crippen molar-refractivity contribution in [2.75, 3.05) is 38.0 Å². The molecule has 0 bridgehead atoms. The summed E-state index contributed by atoms with van der Waals surface area (Å²) in [5.74, 6) is 0. The first-order chi connectivity index (χ1) is 8.08. The molecular weight excluding hydrogens is 298 g/mol. The summed E-state index contributed by atoms with van der Waals surface area (Å²) in [5.41, 5.74) is 0.207. The molecule has 0 radical (unpaired) electrons. The van der Waals surface area contributed by atoms with Crippen LogP contribution in [0.3, 0.4) is 0 Å². The van der Waals surface area contributed by atoms with Crippen LogP contribution in [-0.4, -0.2) is 43.2 Å². The highest BCUT2D eigenvalue weighted by atomic mass is 79.9. The number of nitrogens with one attached hydrogen (secondary N) is 2. The predicted molar refractivity (Wildman–Crippen MR) is 79.0 cm³/mol. The van der Waals surface area contributed by atoms with Crippen molar-refractivity contribution in [3.63, 3.8) is 0 Å². The molecule has 1 fully saturated rings. The average Bonchev–Trinajstić information content (AvgIpc) is 2.74. The summed E-state index contributed by atoms with van der Waals surface area (Å²) in [4.78, 5) is 2.55. The molecule has 0 aromatic carbocycles. The SMILES string of the molecule is CC(C)(CNc1ccc(Br)s1)N1CCNCC1. The van der Waals surface area contributed by atoms with E-state index < -0.39 is 0 Å². The van der Waals surface area contributed by atoms with E-state index in [1.54, 1.807) is 11.3 Å². The van der Waals surface area contributed by atoms with E-state index in [1.807, 2.05) is 0 Å². The van der Waals surface area contributed by atoms with Crippen molar-refractivity contribution in [2.45, 2.75) is 19.4 Å². The second-order valence-corrected chi connectivity index (χ2v) is 7.47. The fourth-order valence-corrected chi connectivity index (χ4v) is 3.38. The van der Waals surface area contributed by atoms with E-state index in [1.165, 1.54) is 8.79 Å². The number of rotatable bonds is 4. The third-order valence-electron chi connectivity index (χ3n) is 3.24. The Balaban J connectivity index is 1.87. The summed E-state index contributed by atoms with van der Waals surface area (Å²) in [5, 5.41) is 8.16. The normalized spacial score (nSPS) is 18.3. The molecule has 2 N–H and O–H groups in total. The number of hydrogen-bond acceptors (Lipinski definition) is 4. The van der Waals surface area contributed by atoms with Crippen LogP contribution in [0.1, 0.15) is 13.8 Å². The van der Waals surface area contributed by atoms with Crippen LogP contribution >= 0.6 is 27.3 Å². The Kier molecular flexibility index (Phi) is 4.47. The Bertz CT molecular complexity index is 358. The van der Waals surface area contributed by atoms with E-state index in [-0.39, 0.29) is 5.54 Å². The molecule has 0 atom stereocenters. The molecule has 3 nitrogen and oxygen atoms in total. The molecule has 96 valence electrons. The molecule has 0 unspecified atom stereocenters. The molecule has 2 rings (SSSR count). The molecular formula is C12H20BrN3S. The first-order valence-corrected chi connectivity index (χ1v) is 7.64. The lowest BCUT2D eigenvalue weighted by atomic mass is 10.0. The summed E-state index contributed by atoms with van der Waals surface area (Å²) < 4.78 is 1.18. The zero-order valence-corrected chi connectivity index (χ0v) is 12.8. The number of nitrogens with zero attached hydrogens (tertiary/aromatic N) is 1. The van der Waals surface area contributed by atoms with E-state index in [2.05, 4.69) is 57.4 Å². The van der Waals surface area contributed by atoms with Gasteiger partial charge in [0.25, 0.3) is 0 Å². The standard InChI is InChI=1S/C12H20BrN3S/c1-12(2,16-7-5-14-6-8-16)9-15-11-4-3-10(13)17-11/h3-4,14-15H,5-9H2,1-2H3. The van der Waals surface area contributed by atoms with E-state index in [4.69, 9.17) is 0 Å². The third-order valence-corrected chi connectivity index (χ3v) is 4.82. The van der Waals surface area contributed by atoms with Gasteiger partial charge in [-0.1, -0.05) is 0 Å². The molecule has 17 heavy (non-hydrogen) atoms. The van der Waals surface area contributed by atoms with Crippen LogP contribution in [0.4, 0.5) is 5.00 Å². The van der Waals surface area contributed by atoms with Gasteiger partial charge >= 0.3 is 0 Å². The van der Waals surface area contributed by atoms with Gasteiger partial charge in [-0.05, 0) is 41.9 Å². The Morgan fingerprint density at radius 2 is 2.12 bits per heavy atom. The fourth-order valence-electron chi connectivity index (χ4n) is 2.09. The topological polar surface area (TPSA) is 27.3 Å². The van der Waals surface area contributed by atoms with Crippen LogP contribution in [0.5, 0.6) is 0 Å². The van der Waals surface area contributed by atoms with Crippen LogP contribution < -0.4 is 10.6 Å². The van der Waals surface area contributed by atoms with Crippen molar-refractivity contribution in [1.82, 2.24) is 10.2 Å². The van der Waals surface area contributed by atoms with Gasteiger partial charge < -0.3 is 10.6 Å². The number of piperazine rings is 1. The zero-order valence-electron chi connectivity index (χ0n) is 10.4. The average molecular weight is 318 g/mol. The lowest BCUT2D eigenvalue weighted by molar-refractivity contribution is 0.114. The van der Waals surface area contributed by atoms with Gasteiger partial charge in [-0.2, -0.15) is 0 Å². The van der Waals surface area contributed by atoms with Crippen molar-refractivity contribution in [1.29, 1.82) is 0 Å². The molecule has 1 aliphatic rings. The molecule has 0 aliphatic carbocycles. The van der Waals surface area contributed by atoms with Gasteiger partial charge in [-0.25, -0.2) is 0 Å². The predicted octanol–water partition coefficient (Wildman–Crippen LogP) is 2.61. The van der Waals surface area contributed by atoms with Crippen molar-refractivity contribution in [3.8, 4) is 0 Å². The van der Waals surface area contributed by atoms with Gasteiger partial charge in [-0.15, -0.1) is 11.3 Å². The summed E-state index contributed by atoms with van der Waals surface area (Å²) in [6.07, 6.45) is 0. The Hall–Kier alpha value is -0.100. The van der Waals surface area contributed by atoms with Gasteiger partial charge in [0.2, 0.25) is 0 Å². The highest BCUT2D eigenvalue weighted by Crippen LogP contribution is 2.27. The van der Waals surface area contributed by atoms with Crippen LogP contribution in [0.2, 0.25) is 0 Å². The van der Waals surface area contributed by atoms with Crippen molar-refractivity contribution < 1.29 is 0 Å².